The minimum Gasteiger partial charge on any atom is -0.495 e. The van der Waals surface area contributed by atoms with Crippen molar-refractivity contribution in [1.29, 1.82) is 0 Å². The van der Waals surface area contributed by atoms with E-state index in [2.05, 4.69) is 20.6 Å². The number of methoxy groups -OCH3 is 2. The highest BCUT2D eigenvalue weighted by molar-refractivity contribution is 6.41. The molecule has 1 aliphatic carbocycles. The largest absolute Gasteiger partial charge is 0.495 e. The monoisotopic (exact) mass is 524 g/mol. The third-order valence-electron chi connectivity index (χ3n) is 6.02. The Kier molecular flexibility index (Phi) is 6.45. The van der Waals surface area contributed by atoms with E-state index in [1.807, 2.05) is 0 Å². The molecule has 0 amide bonds. The molecule has 1 saturated heterocycles. The zero-order valence-electron chi connectivity index (χ0n) is 18.9. The van der Waals surface area contributed by atoms with E-state index in [9.17, 15) is 8.78 Å². The van der Waals surface area contributed by atoms with Crippen molar-refractivity contribution >= 4 is 45.9 Å². The molecule has 2 fully saturated rings. The summed E-state index contributed by atoms with van der Waals surface area (Å²) in [6, 6.07) is 2.82. The normalized spacial score (nSPS) is 19.4. The van der Waals surface area contributed by atoms with Gasteiger partial charge in [0.05, 0.1) is 36.6 Å². The van der Waals surface area contributed by atoms with Gasteiger partial charge in [0.25, 0.3) is 5.92 Å². The Morgan fingerprint density at radius 3 is 2.43 bits per heavy atom. The summed E-state index contributed by atoms with van der Waals surface area (Å²) in [5, 5.41) is 8.73. The number of anilines is 1. The fraction of sp³-hybridized carbons (Fsp3) is 0.435. The Hall–Kier alpha value is -2.69. The number of hydrogen-bond donors (Lipinski definition) is 1. The van der Waals surface area contributed by atoms with E-state index in [-0.39, 0.29) is 34.9 Å². The number of pyridine rings is 1. The number of benzene rings is 1. The fourth-order valence-electron chi connectivity index (χ4n) is 4.18. The third kappa shape index (κ3) is 4.74. The molecule has 3 heterocycles. The molecule has 1 N–H and O–H groups in total. The molecule has 35 heavy (non-hydrogen) atoms. The van der Waals surface area contributed by atoms with E-state index < -0.39 is 12.0 Å². The Labute approximate surface area is 210 Å². The van der Waals surface area contributed by atoms with Crippen LogP contribution in [0.5, 0.6) is 11.5 Å². The third-order valence-corrected chi connectivity index (χ3v) is 6.77. The molecule has 186 valence electrons. The first kappa shape index (κ1) is 24.0. The Morgan fingerprint density at radius 1 is 1.11 bits per heavy atom. The van der Waals surface area contributed by atoms with Crippen LogP contribution in [0, 0.1) is 0 Å². The lowest BCUT2D eigenvalue weighted by Crippen LogP contribution is -2.44. The molecule has 3 aromatic rings. The van der Waals surface area contributed by atoms with Gasteiger partial charge in [-0.05, 0) is 24.1 Å². The molecule has 1 saturated carbocycles. The lowest BCUT2D eigenvalue weighted by atomic mass is 9.88. The maximum absolute atomic E-state index is 13.5. The molecular formula is C23H22Cl2F2N5O3-. The lowest BCUT2D eigenvalue weighted by molar-refractivity contribution is -0.0793. The molecule has 2 aliphatic rings. The van der Waals surface area contributed by atoms with E-state index in [1.165, 1.54) is 14.2 Å². The van der Waals surface area contributed by atoms with Crippen LogP contribution in [0.3, 0.4) is 0 Å². The van der Waals surface area contributed by atoms with Gasteiger partial charge in [0.1, 0.15) is 17.3 Å². The van der Waals surface area contributed by atoms with Crippen LogP contribution >= 0.6 is 23.2 Å². The second-order valence-corrected chi connectivity index (χ2v) is 9.26. The second kappa shape index (κ2) is 9.40. The number of fused-ring (bicyclic) bond motifs is 1. The first-order valence-electron chi connectivity index (χ1n) is 11.0. The maximum atomic E-state index is 13.5. The number of hydrogen-bond acceptors (Lipinski definition) is 7. The van der Waals surface area contributed by atoms with Crippen LogP contribution in [-0.4, -0.2) is 60.4 Å². The van der Waals surface area contributed by atoms with E-state index in [4.69, 9.17) is 42.4 Å². The van der Waals surface area contributed by atoms with Crippen molar-refractivity contribution in [2.75, 3.05) is 32.8 Å². The van der Waals surface area contributed by atoms with Crippen molar-refractivity contribution in [3.8, 4) is 22.8 Å². The van der Waals surface area contributed by atoms with Gasteiger partial charge in [-0.25, -0.2) is 13.8 Å². The first-order valence-corrected chi connectivity index (χ1v) is 11.7. The summed E-state index contributed by atoms with van der Waals surface area (Å²) < 4.78 is 43.2. The second-order valence-electron chi connectivity index (χ2n) is 8.50. The van der Waals surface area contributed by atoms with Crippen molar-refractivity contribution in [2.45, 2.75) is 37.3 Å². The quantitative estimate of drug-likeness (QED) is 0.403. The van der Waals surface area contributed by atoms with E-state index >= 15 is 0 Å². The molecule has 1 aromatic carbocycles. The van der Waals surface area contributed by atoms with Crippen molar-refractivity contribution in [3.05, 3.63) is 33.7 Å². The molecule has 0 bridgehead atoms. The number of halogens is 4. The highest BCUT2D eigenvalue weighted by Gasteiger charge is 2.45. The molecule has 12 heteroatoms. The van der Waals surface area contributed by atoms with Crippen LogP contribution < -0.4 is 14.8 Å². The first-order chi connectivity index (χ1) is 16.8. The van der Waals surface area contributed by atoms with Gasteiger partial charge in [-0.3, -0.25) is 0 Å². The highest BCUT2D eigenvalue weighted by Crippen LogP contribution is 2.47. The van der Waals surface area contributed by atoms with Gasteiger partial charge in [-0.15, -0.1) is 0 Å². The molecule has 1 atom stereocenters. The van der Waals surface area contributed by atoms with Crippen molar-refractivity contribution in [2.24, 2.45) is 0 Å². The van der Waals surface area contributed by atoms with Crippen LogP contribution in [0.15, 0.2) is 18.3 Å². The summed E-state index contributed by atoms with van der Waals surface area (Å²) in [6.07, 6.45) is 1.81. The Morgan fingerprint density at radius 2 is 1.83 bits per heavy atom. The van der Waals surface area contributed by atoms with E-state index in [1.54, 1.807) is 18.3 Å². The van der Waals surface area contributed by atoms with E-state index in [0.29, 0.717) is 52.7 Å². The van der Waals surface area contributed by atoms with Crippen molar-refractivity contribution < 1.29 is 23.0 Å². The van der Waals surface area contributed by atoms with Gasteiger partial charge in [0, 0.05) is 54.6 Å². The number of ether oxygens (including phenoxy) is 3. The lowest BCUT2D eigenvalue weighted by Gasteiger charge is -2.36. The van der Waals surface area contributed by atoms with Gasteiger partial charge in [0.15, 0.2) is 0 Å². The fourth-order valence-corrected chi connectivity index (χ4v) is 4.87. The molecule has 2 aromatic heterocycles. The van der Waals surface area contributed by atoms with E-state index in [0.717, 1.165) is 6.42 Å². The van der Waals surface area contributed by atoms with Gasteiger partial charge >= 0.3 is 0 Å². The summed E-state index contributed by atoms with van der Waals surface area (Å²) in [7, 11) is 2.95. The Balaban J connectivity index is 1.62. The summed E-state index contributed by atoms with van der Waals surface area (Å²) in [4.78, 5) is 13.6. The molecular weight excluding hydrogens is 503 g/mol. The SMILES string of the molecule is COc1cc(OC)c(Cl)c(-c2cc3cnc([N-]C4CCOC4)nc3c(NC3CC(F)(F)C3)n2)c1Cl. The van der Waals surface area contributed by atoms with Crippen molar-refractivity contribution in [3.63, 3.8) is 0 Å². The van der Waals surface area contributed by atoms with Crippen LogP contribution in [0.4, 0.5) is 20.5 Å². The summed E-state index contributed by atoms with van der Waals surface area (Å²) in [5.74, 6) is -1.41. The minimum atomic E-state index is -2.70. The zero-order chi connectivity index (χ0) is 24.7. The van der Waals surface area contributed by atoms with Gasteiger partial charge in [-0.1, -0.05) is 23.2 Å². The topological polar surface area (TPSA) is 92.5 Å². The zero-order valence-corrected chi connectivity index (χ0v) is 20.5. The Bertz CT molecular complexity index is 1240. The predicted molar refractivity (Wildman–Crippen MR) is 130 cm³/mol. The average Bonchev–Trinajstić information content (AvgIpc) is 3.31. The number of aromatic nitrogens is 3. The van der Waals surface area contributed by atoms with Crippen LogP contribution in [0.1, 0.15) is 19.3 Å². The van der Waals surface area contributed by atoms with Crippen molar-refractivity contribution in [1.82, 2.24) is 15.0 Å². The predicted octanol–water partition coefficient (Wildman–Crippen LogP) is 6.02. The van der Waals surface area contributed by atoms with Gasteiger partial charge in [0.2, 0.25) is 0 Å². The molecule has 1 aliphatic heterocycles. The number of rotatable bonds is 7. The summed E-state index contributed by atoms with van der Waals surface area (Å²) in [6.45, 7) is 1.15. The number of alkyl halides is 2. The summed E-state index contributed by atoms with van der Waals surface area (Å²) in [5.41, 5.74) is 1.22. The molecule has 1 unspecified atom stereocenters. The molecule has 8 nitrogen and oxygen atoms in total. The molecule has 0 spiro atoms. The summed E-state index contributed by atoms with van der Waals surface area (Å²) >= 11 is 13.2. The number of nitrogens with one attached hydrogen (secondary N) is 1. The minimum absolute atomic E-state index is 0.0247. The van der Waals surface area contributed by atoms with Crippen LogP contribution in [0.25, 0.3) is 27.5 Å². The average molecular weight is 525 g/mol. The number of nitrogens with zero attached hydrogens (tertiary/aromatic N) is 4. The van der Waals surface area contributed by atoms with Gasteiger partial charge < -0.3 is 34.8 Å². The van der Waals surface area contributed by atoms with Crippen LogP contribution in [-0.2, 0) is 4.74 Å². The van der Waals surface area contributed by atoms with Crippen LogP contribution in [0.2, 0.25) is 10.0 Å². The molecule has 0 radical (unpaired) electrons. The molecule has 5 rings (SSSR count). The van der Waals surface area contributed by atoms with Gasteiger partial charge in [-0.2, -0.15) is 0 Å². The maximum Gasteiger partial charge on any atom is 0.252 e. The smallest absolute Gasteiger partial charge is 0.252 e. The standard InChI is InChI=1S/C23H22Cl2F2N5O3/c1-33-15-6-16(34-2)19(25)17(18(15)24)14-5-11-9-28-22(30-12-3-4-35-10-12)32-20(11)21(31-14)29-13-7-23(26,27)8-13/h5-6,9,12-13H,3-4,7-8,10H2,1-2H3,(H-,28,29,30,31,32)/q-1. The highest BCUT2D eigenvalue weighted by atomic mass is 35.5.